The van der Waals surface area contributed by atoms with Crippen LogP contribution in [0.1, 0.15) is 70.4 Å². The molecule has 37 heavy (non-hydrogen) atoms. The third kappa shape index (κ3) is 4.74. The van der Waals surface area contributed by atoms with E-state index in [1.54, 1.807) is 30.3 Å². The van der Waals surface area contributed by atoms with Gasteiger partial charge in [0.05, 0.1) is 5.02 Å². The highest BCUT2D eigenvalue weighted by molar-refractivity contribution is 6.32. The number of Topliss-reactive ketones (excluding diaryl/α,β-unsaturated/α-hetero) is 2. The highest BCUT2D eigenvalue weighted by atomic mass is 35.5. The van der Waals surface area contributed by atoms with Crippen molar-refractivity contribution in [1.29, 1.82) is 0 Å². The molecular formula is C31H33ClFNO3. The maximum Gasteiger partial charge on any atom is 0.162 e. The quantitative estimate of drug-likeness (QED) is 0.421. The first-order valence-corrected chi connectivity index (χ1v) is 13.2. The molecule has 0 amide bonds. The lowest BCUT2D eigenvalue weighted by atomic mass is 9.64. The van der Waals surface area contributed by atoms with Crippen molar-refractivity contribution in [2.24, 2.45) is 10.8 Å². The summed E-state index contributed by atoms with van der Waals surface area (Å²) in [5, 5.41) is 0.365. The van der Waals surface area contributed by atoms with Gasteiger partial charge in [0, 0.05) is 53.9 Å². The van der Waals surface area contributed by atoms with Crippen LogP contribution in [0.15, 0.2) is 65.0 Å². The molecule has 0 spiro atoms. The lowest BCUT2D eigenvalue weighted by Crippen LogP contribution is -2.43. The molecule has 1 heterocycles. The van der Waals surface area contributed by atoms with E-state index in [9.17, 15) is 14.0 Å². The van der Waals surface area contributed by atoms with Crippen molar-refractivity contribution in [3.8, 4) is 5.75 Å². The Bertz CT molecular complexity index is 1320. The molecule has 2 aromatic rings. The van der Waals surface area contributed by atoms with Gasteiger partial charge in [-0.25, -0.2) is 4.39 Å². The van der Waals surface area contributed by atoms with Gasteiger partial charge in [-0.3, -0.25) is 9.59 Å². The van der Waals surface area contributed by atoms with Crippen LogP contribution in [0.25, 0.3) is 0 Å². The number of benzene rings is 2. The van der Waals surface area contributed by atoms with E-state index in [0.717, 1.165) is 29.8 Å². The second kappa shape index (κ2) is 9.13. The number of hydrogen-bond acceptors (Lipinski definition) is 4. The minimum atomic E-state index is -0.452. The van der Waals surface area contributed by atoms with Gasteiger partial charge in [-0.1, -0.05) is 63.6 Å². The molecule has 4 nitrogen and oxygen atoms in total. The van der Waals surface area contributed by atoms with Crippen LogP contribution in [0.5, 0.6) is 5.75 Å². The van der Waals surface area contributed by atoms with Crippen LogP contribution in [-0.2, 0) is 16.2 Å². The van der Waals surface area contributed by atoms with Gasteiger partial charge in [-0.05, 0) is 47.4 Å². The summed E-state index contributed by atoms with van der Waals surface area (Å²) in [6.07, 6.45) is 2.42. The molecule has 0 fully saturated rings. The fourth-order valence-electron chi connectivity index (χ4n) is 6.08. The molecule has 0 atom stereocenters. The van der Waals surface area contributed by atoms with E-state index in [0.29, 0.717) is 40.3 Å². The van der Waals surface area contributed by atoms with Gasteiger partial charge in [0.15, 0.2) is 11.6 Å². The second-order valence-electron chi connectivity index (χ2n) is 12.2. The zero-order valence-electron chi connectivity index (χ0n) is 22.1. The molecule has 0 saturated heterocycles. The highest BCUT2D eigenvalue weighted by Crippen LogP contribution is 2.54. The first kappa shape index (κ1) is 25.7. The Kier molecular flexibility index (Phi) is 6.34. The number of carbonyl (C=O) groups is 2. The van der Waals surface area contributed by atoms with Crippen LogP contribution in [0.3, 0.4) is 0 Å². The standard InChI is InChI=1S/C31H33ClFNO3/c1-30(2)13-22-28(24(35)15-30)27(29-23(34(22)5)14-31(3,4)16-25(29)36)18-10-11-26(20(32)12-18)37-17-19-8-6-7-9-21(19)33/h6-12,27H,13-17H2,1-5H3. The van der Waals surface area contributed by atoms with Gasteiger partial charge in [-0.2, -0.15) is 0 Å². The predicted octanol–water partition coefficient (Wildman–Crippen LogP) is 7.37. The smallest absolute Gasteiger partial charge is 0.162 e. The number of nitrogens with zero attached hydrogens (tertiary/aromatic N) is 1. The Balaban J connectivity index is 1.57. The lowest BCUT2D eigenvalue weighted by molar-refractivity contribution is -0.119. The summed E-state index contributed by atoms with van der Waals surface area (Å²) in [5.74, 6) is -0.187. The predicted molar refractivity (Wildman–Crippen MR) is 143 cm³/mol. The van der Waals surface area contributed by atoms with E-state index < -0.39 is 5.92 Å². The van der Waals surface area contributed by atoms with Crippen molar-refractivity contribution in [1.82, 2.24) is 4.90 Å². The van der Waals surface area contributed by atoms with E-state index in [4.69, 9.17) is 16.3 Å². The third-order valence-corrected chi connectivity index (χ3v) is 8.11. The monoisotopic (exact) mass is 521 g/mol. The SMILES string of the molecule is CN1C2=C(C(=O)CC(C)(C)C2)C(c2ccc(OCc3ccccc3F)c(Cl)c2)C2=C1CC(C)(C)CC2=O. The number of rotatable bonds is 4. The third-order valence-electron chi connectivity index (χ3n) is 7.81. The maximum absolute atomic E-state index is 14.0. The van der Waals surface area contributed by atoms with Crippen molar-refractivity contribution in [2.45, 2.75) is 65.9 Å². The Hall–Kier alpha value is -2.92. The molecule has 2 aromatic carbocycles. The summed E-state index contributed by atoms with van der Waals surface area (Å²) >= 11 is 6.67. The Morgan fingerprint density at radius 1 is 0.919 bits per heavy atom. The van der Waals surface area contributed by atoms with Gasteiger partial charge < -0.3 is 9.64 Å². The number of hydrogen-bond donors (Lipinski definition) is 0. The molecule has 0 aromatic heterocycles. The molecule has 0 bridgehead atoms. The summed E-state index contributed by atoms with van der Waals surface area (Å²) in [6.45, 7) is 8.53. The molecule has 0 N–H and O–H groups in total. The van der Waals surface area contributed by atoms with Gasteiger partial charge in [-0.15, -0.1) is 0 Å². The van der Waals surface area contributed by atoms with Gasteiger partial charge in [0.25, 0.3) is 0 Å². The van der Waals surface area contributed by atoms with Crippen molar-refractivity contribution < 1.29 is 18.7 Å². The van der Waals surface area contributed by atoms with Crippen LogP contribution in [0, 0.1) is 16.6 Å². The number of halogens is 2. The first-order chi connectivity index (χ1) is 17.4. The molecule has 0 radical (unpaired) electrons. The van der Waals surface area contributed by atoms with E-state index in [1.165, 1.54) is 6.07 Å². The molecule has 5 rings (SSSR count). The maximum atomic E-state index is 14.0. The molecule has 6 heteroatoms. The summed E-state index contributed by atoms with van der Waals surface area (Å²) in [5.41, 5.74) is 4.38. The zero-order chi connectivity index (χ0) is 26.7. The minimum Gasteiger partial charge on any atom is -0.487 e. The second-order valence-corrected chi connectivity index (χ2v) is 12.6. The molecular weight excluding hydrogens is 489 g/mol. The fraction of sp³-hybridized carbons (Fsp3) is 0.419. The molecule has 0 saturated carbocycles. The normalized spacial score (nSPS) is 21.2. The van der Waals surface area contributed by atoms with E-state index in [2.05, 4.69) is 32.6 Å². The topological polar surface area (TPSA) is 46.6 Å². The van der Waals surface area contributed by atoms with Crippen LogP contribution >= 0.6 is 11.6 Å². The zero-order valence-corrected chi connectivity index (χ0v) is 22.8. The number of carbonyl (C=O) groups excluding carboxylic acids is 2. The Morgan fingerprint density at radius 2 is 1.49 bits per heavy atom. The average Bonchev–Trinajstić information content (AvgIpc) is 2.79. The average molecular weight is 522 g/mol. The van der Waals surface area contributed by atoms with E-state index in [1.807, 2.05) is 13.1 Å². The molecule has 0 unspecified atom stereocenters. The molecule has 2 aliphatic carbocycles. The van der Waals surface area contributed by atoms with Crippen LogP contribution in [0.2, 0.25) is 5.02 Å². The van der Waals surface area contributed by atoms with Gasteiger partial charge >= 0.3 is 0 Å². The van der Waals surface area contributed by atoms with Crippen LogP contribution < -0.4 is 4.74 Å². The van der Waals surface area contributed by atoms with Gasteiger partial charge in [0.2, 0.25) is 0 Å². The van der Waals surface area contributed by atoms with E-state index in [-0.39, 0.29) is 34.8 Å². The van der Waals surface area contributed by atoms with Crippen molar-refractivity contribution >= 4 is 23.2 Å². The fourth-order valence-corrected chi connectivity index (χ4v) is 6.33. The largest absolute Gasteiger partial charge is 0.487 e. The summed E-state index contributed by atoms with van der Waals surface area (Å²) in [6, 6.07) is 11.9. The number of ether oxygens (including phenoxy) is 1. The summed E-state index contributed by atoms with van der Waals surface area (Å²) < 4.78 is 19.9. The van der Waals surface area contributed by atoms with Crippen molar-refractivity contribution in [3.63, 3.8) is 0 Å². The van der Waals surface area contributed by atoms with Crippen molar-refractivity contribution in [3.05, 3.63) is 87.0 Å². The number of ketones is 2. The molecule has 1 aliphatic heterocycles. The molecule has 3 aliphatic rings. The van der Waals surface area contributed by atoms with Crippen molar-refractivity contribution in [2.75, 3.05) is 7.05 Å². The summed E-state index contributed by atoms with van der Waals surface area (Å²) in [4.78, 5) is 29.3. The lowest BCUT2D eigenvalue weighted by Gasteiger charge is -2.47. The Morgan fingerprint density at radius 3 is 2.03 bits per heavy atom. The number of allylic oxidation sites excluding steroid dienone is 4. The first-order valence-electron chi connectivity index (χ1n) is 12.8. The van der Waals surface area contributed by atoms with E-state index >= 15 is 0 Å². The van der Waals surface area contributed by atoms with Crippen LogP contribution in [-0.4, -0.2) is 23.5 Å². The van der Waals surface area contributed by atoms with Crippen LogP contribution in [0.4, 0.5) is 4.39 Å². The molecule has 194 valence electrons. The minimum absolute atomic E-state index is 0.0473. The highest BCUT2D eigenvalue weighted by Gasteiger charge is 2.48. The van der Waals surface area contributed by atoms with Gasteiger partial charge in [0.1, 0.15) is 18.2 Å². The summed E-state index contributed by atoms with van der Waals surface area (Å²) in [7, 11) is 2.00. The Labute approximate surface area is 223 Å².